The van der Waals surface area contributed by atoms with E-state index in [1.165, 1.54) is 6.92 Å². The van der Waals surface area contributed by atoms with Gasteiger partial charge in [0.1, 0.15) is 12.4 Å². The minimum absolute atomic E-state index is 0.0298. The van der Waals surface area contributed by atoms with Crippen molar-refractivity contribution < 1.29 is 9.53 Å². The predicted octanol–water partition coefficient (Wildman–Crippen LogP) is 4.78. The Morgan fingerprint density at radius 3 is 2.58 bits per heavy atom. The third kappa shape index (κ3) is 3.49. The summed E-state index contributed by atoms with van der Waals surface area (Å²) in [6.45, 7) is 1.80. The zero-order chi connectivity index (χ0) is 13.8. The minimum Gasteiger partial charge on any atom is -0.488 e. The second kappa shape index (κ2) is 6.09. The van der Waals surface area contributed by atoms with Gasteiger partial charge in [-0.2, -0.15) is 0 Å². The number of carbonyl (C=O) groups is 1. The molecule has 2 nitrogen and oxygen atoms in total. The van der Waals surface area contributed by atoms with Crippen LogP contribution in [0.2, 0.25) is 10.0 Å². The maximum Gasteiger partial charge on any atom is 0.163 e. The van der Waals surface area contributed by atoms with Gasteiger partial charge in [0.15, 0.2) is 5.78 Å². The third-order valence-electron chi connectivity index (χ3n) is 2.66. The van der Waals surface area contributed by atoms with E-state index in [2.05, 4.69) is 0 Å². The smallest absolute Gasteiger partial charge is 0.163 e. The molecule has 0 unspecified atom stereocenters. The molecule has 4 heteroatoms. The first kappa shape index (κ1) is 13.9. The first-order valence-corrected chi connectivity index (χ1v) is 6.50. The Labute approximate surface area is 121 Å². The van der Waals surface area contributed by atoms with E-state index >= 15 is 0 Å². The number of benzene rings is 2. The highest BCUT2D eigenvalue weighted by Crippen LogP contribution is 2.24. The van der Waals surface area contributed by atoms with Crippen LogP contribution in [0.1, 0.15) is 22.8 Å². The van der Waals surface area contributed by atoms with Gasteiger partial charge in [0.2, 0.25) is 0 Å². The van der Waals surface area contributed by atoms with Gasteiger partial charge in [-0.05, 0) is 31.2 Å². The van der Waals surface area contributed by atoms with Crippen molar-refractivity contribution >= 4 is 29.0 Å². The molecule has 0 spiro atoms. The number of ether oxygens (including phenoxy) is 1. The molecule has 0 radical (unpaired) electrons. The lowest BCUT2D eigenvalue weighted by Gasteiger charge is -2.10. The Kier molecular flexibility index (Phi) is 4.46. The largest absolute Gasteiger partial charge is 0.488 e. The van der Waals surface area contributed by atoms with Crippen molar-refractivity contribution in [3.63, 3.8) is 0 Å². The van der Waals surface area contributed by atoms with Gasteiger partial charge in [-0.15, -0.1) is 0 Å². The fourth-order valence-electron chi connectivity index (χ4n) is 1.68. The summed E-state index contributed by atoms with van der Waals surface area (Å²) < 4.78 is 5.66. The van der Waals surface area contributed by atoms with Crippen LogP contribution >= 0.6 is 23.2 Å². The van der Waals surface area contributed by atoms with Gasteiger partial charge in [-0.1, -0.05) is 41.4 Å². The molecular formula is C15H12Cl2O2. The minimum atomic E-state index is -0.0298. The van der Waals surface area contributed by atoms with Gasteiger partial charge in [0.25, 0.3) is 0 Å². The Morgan fingerprint density at radius 2 is 1.89 bits per heavy atom. The maximum atomic E-state index is 11.5. The van der Waals surface area contributed by atoms with Crippen molar-refractivity contribution in [2.45, 2.75) is 13.5 Å². The van der Waals surface area contributed by atoms with Crippen molar-refractivity contribution in [2.75, 3.05) is 0 Å². The highest BCUT2D eigenvalue weighted by molar-refractivity contribution is 6.35. The summed E-state index contributed by atoms with van der Waals surface area (Å²) in [6, 6.07) is 12.4. The van der Waals surface area contributed by atoms with Crippen LogP contribution in [0.4, 0.5) is 0 Å². The number of hydrogen-bond acceptors (Lipinski definition) is 2. The Balaban J connectivity index is 2.17. The Hall–Kier alpha value is -1.51. The maximum absolute atomic E-state index is 11.5. The van der Waals surface area contributed by atoms with E-state index in [0.29, 0.717) is 28.0 Å². The van der Waals surface area contributed by atoms with Crippen LogP contribution in [0, 0.1) is 0 Å². The van der Waals surface area contributed by atoms with Crippen LogP contribution in [-0.4, -0.2) is 5.78 Å². The molecule has 0 atom stereocenters. The molecule has 0 saturated carbocycles. The fraction of sp³-hybridized carbons (Fsp3) is 0.133. The molecule has 0 aliphatic heterocycles. The summed E-state index contributed by atoms with van der Waals surface area (Å²) in [5, 5.41) is 1.13. The van der Waals surface area contributed by atoms with Gasteiger partial charge in [-0.3, -0.25) is 4.79 Å². The second-order valence-electron chi connectivity index (χ2n) is 4.08. The van der Waals surface area contributed by atoms with Crippen molar-refractivity contribution in [1.29, 1.82) is 0 Å². The van der Waals surface area contributed by atoms with Gasteiger partial charge in [0.05, 0.1) is 5.56 Å². The van der Waals surface area contributed by atoms with Crippen LogP contribution in [0.5, 0.6) is 5.75 Å². The molecule has 0 saturated heterocycles. The molecule has 0 heterocycles. The van der Waals surface area contributed by atoms with E-state index in [4.69, 9.17) is 27.9 Å². The molecule has 0 aliphatic carbocycles. The fourth-order valence-corrected chi connectivity index (χ4v) is 2.14. The molecule has 0 aromatic heterocycles. The Morgan fingerprint density at radius 1 is 1.16 bits per heavy atom. The van der Waals surface area contributed by atoms with Gasteiger partial charge >= 0.3 is 0 Å². The van der Waals surface area contributed by atoms with E-state index in [-0.39, 0.29) is 5.78 Å². The average Bonchev–Trinajstić information content (AvgIpc) is 2.38. The molecule has 0 amide bonds. The molecule has 0 fully saturated rings. The predicted molar refractivity (Wildman–Crippen MR) is 77.2 cm³/mol. The SMILES string of the molecule is CC(=O)c1ccccc1OCc1ccc(Cl)cc1Cl. The molecule has 98 valence electrons. The quantitative estimate of drug-likeness (QED) is 0.759. The van der Waals surface area contributed by atoms with Crippen molar-refractivity contribution in [3.05, 3.63) is 63.6 Å². The van der Waals surface area contributed by atoms with Crippen LogP contribution < -0.4 is 4.74 Å². The van der Waals surface area contributed by atoms with E-state index < -0.39 is 0 Å². The van der Waals surface area contributed by atoms with Gasteiger partial charge in [0, 0.05) is 15.6 Å². The lowest BCUT2D eigenvalue weighted by Crippen LogP contribution is -2.01. The van der Waals surface area contributed by atoms with Crippen LogP contribution in [0.15, 0.2) is 42.5 Å². The lowest BCUT2D eigenvalue weighted by atomic mass is 10.1. The number of ketones is 1. The van der Waals surface area contributed by atoms with Crippen LogP contribution in [0.25, 0.3) is 0 Å². The molecule has 2 aromatic carbocycles. The summed E-state index contributed by atoms with van der Waals surface area (Å²) >= 11 is 11.9. The zero-order valence-electron chi connectivity index (χ0n) is 10.3. The van der Waals surface area contributed by atoms with E-state index in [1.807, 2.05) is 6.07 Å². The standard InChI is InChI=1S/C15H12Cl2O2/c1-10(18)13-4-2-3-5-15(13)19-9-11-6-7-12(16)8-14(11)17/h2-8H,9H2,1H3. The Bertz CT molecular complexity index is 609. The van der Waals surface area contributed by atoms with E-state index in [9.17, 15) is 4.79 Å². The molecule has 0 bridgehead atoms. The average molecular weight is 295 g/mol. The third-order valence-corrected chi connectivity index (χ3v) is 3.25. The first-order valence-electron chi connectivity index (χ1n) is 5.74. The molecule has 0 aliphatic rings. The molecule has 0 N–H and O–H groups in total. The molecule has 2 aromatic rings. The summed E-state index contributed by atoms with van der Waals surface area (Å²) in [5.41, 5.74) is 1.39. The van der Waals surface area contributed by atoms with Crippen LogP contribution in [-0.2, 0) is 6.61 Å². The van der Waals surface area contributed by atoms with Gasteiger partial charge < -0.3 is 4.74 Å². The highest BCUT2D eigenvalue weighted by Gasteiger charge is 2.08. The van der Waals surface area contributed by atoms with Crippen molar-refractivity contribution in [2.24, 2.45) is 0 Å². The van der Waals surface area contributed by atoms with E-state index in [0.717, 1.165) is 5.56 Å². The van der Waals surface area contributed by atoms with Crippen molar-refractivity contribution in [3.8, 4) is 5.75 Å². The lowest BCUT2D eigenvalue weighted by molar-refractivity contribution is 0.101. The summed E-state index contributed by atoms with van der Waals surface area (Å²) in [4.78, 5) is 11.5. The second-order valence-corrected chi connectivity index (χ2v) is 4.92. The number of hydrogen-bond donors (Lipinski definition) is 0. The van der Waals surface area contributed by atoms with Crippen molar-refractivity contribution in [1.82, 2.24) is 0 Å². The zero-order valence-corrected chi connectivity index (χ0v) is 11.8. The molecular weight excluding hydrogens is 283 g/mol. The number of halogens is 2. The molecule has 19 heavy (non-hydrogen) atoms. The monoisotopic (exact) mass is 294 g/mol. The first-order chi connectivity index (χ1) is 9.08. The summed E-state index contributed by atoms with van der Waals surface area (Å²) in [7, 11) is 0. The summed E-state index contributed by atoms with van der Waals surface area (Å²) in [6.07, 6.45) is 0. The van der Waals surface area contributed by atoms with Gasteiger partial charge in [-0.25, -0.2) is 0 Å². The van der Waals surface area contributed by atoms with Crippen LogP contribution in [0.3, 0.4) is 0 Å². The number of carbonyl (C=O) groups excluding carboxylic acids is 1. The highest BCUT2D eigenvalue weighted by atomic mass is 35.5. The topological polar surface area (TPSA) is 26.3 Å². The number of para-hydroxylation sites is 1. The van der Waals surface area contributed by atoms with E-state index in [1.54, 1.807) is 36.4 Å². The number of Topliss-reactive ketones (excluding diaryl/α,β-unsaturated/α-hetero) is 1. The molecule has 2 rings (SSSR count). The summed E-state index contributed by atoms with van der Waals surface area (Å²) in [5.74, 6) is 0.527. The number of rotatable bonds is 4. The normalized spacial score (nSPS) is 10.3.